The minimum Gasteiger partial charge on any atom is -0.479 e. The molecule has 0 aromatic heterocycles. The van der Waals surface area contributed by atoms with Crippen molar-refractivity contribution in [3.8, 4) is 0 Å². The molecule has 2 unspecified atom stereocenters. The zero-order chi connectivity index (χ0) is 26.7. The fraction of sp³-hybridized carbons (Fsp3) is 0.556. The van der Waals surface area contributed by atoms with E-state index in [2.05, 4.69) is 0 Å². The van der Waals surface area contributed by atoms with E-state index < -0.39 is 82.0 Å². The van der Waals surface area contributed by atoms with Gasteiger partial charge in [-0.05, 0) is 62.0 Å². The molecule has 4 fully saturated rings. The summed E-state index contributed by atoms with van der Waals surface area (Å²) >= 11 is 0. The fourth-order valence-corrected chi connectivity index (χ4v) is 8.15. The van der Waals surface area contributed by atoms with Crippen LogP contribution < -0.4 is 0 Å². The highest BCUT2D eigenvalue weighted by Crippen LogP contribution is 2.72. The number of hydrogen-bond acceptors (Lipinski definition) is 5. The highest BCUT2D eigenvalue weighted by Gasteiger charge is 2.80. The minimum atomic E-state index is -2.39. The quantitative estimate of drug-likeness (QED) is 0.568. The molecule has 198 valence electrons. The number of carbonyl (C=O) groups is 2. The summed E-state index contributed by atoms with van der Waals surface area (Å²) in [6.07, 6.45) is -3.21. The molecule has 1 aliphatic heterocycles. The third kappa shape index (κ3) is 2.81. The number of aliphatic hydroxyl groups is 1. The molecule has 3 saturated carbocycles. The average Bonchev–Trinajstić information content (AvgIpc) is 3.31. The van der Waals surface area contributed by atoms with Crippen molar-refractivity contribution in [2.45, 2.75) is 69.0 Å². The van der Waals surface area contributed by atoms with E-state index in [1.54, 1.807) is 6.92 Å². The number of halogens is 4. The first-order chi connectivity index (χ1) is 17.3. The zero-order valence-corrected chi connectivity index (χ0v) is 20.1. The van der Waals surface area contributed by atoms with Gasteiger partial charge >= 0.3 is 5.97 Å². The Labute approximate surface area is 209 Å². The third-order valence-electron chi connectivity index (χ3n) is 9.90. The van der Waals surface area contributed by atoms with Gasteiger partial charge in [-0.1, -0.05) is 13.0 Å². The van der Waals surface area contributed by atoms with E-state index in [0.29, 0.717) is 6.07 Å². The molecule has 10 atom stereocenters. The van der Waals surface area contributed by atoms with Crippen LogP contribution in [0.4, 0.5) is 17.6 Å². The molecule has 5 aliphatic rings. The summed E-state index contributed by atoms with van der Waals surface area (Å²) in [7, 11) is 0. The van der Waals surface area contributed by atoms with E-state index in [1.807, 2.05) is 0 Å². The van der Waals surface area contributed by atoms with Gasteiger partial charge in [-0.2, -0.15) is 0 Å². The first kappa shape index (κ1) is 24.8. The molecule has 6 nitrogen and oxygen atoms in total. The largest absolute Gasteiger partial charge is 0.479 e. The maximum atomic E-state index is 17.2. The van der Waals surface area contributed by atoms with Crippen molar-refractivity contribution in [2.75, 3.05) is 0 Å². The highest BCUT2D eigenvalue weighted by atomic mass is 19.2. The number of carbonyl (C=O) groups excluding carboxylic acids is 1. The summed E-state index contributed by atoms with van der Waals surface area (Å²) in [4.78, 5) is 24.8. The summed E-state index contributed by atoms with van der Waals surface area (Å²) in [5.41, 5.74) is -7.73. The Balaban J connectivity index is 1.44. The Morgan fingerprint density at radius 1 is 1.16 bits per heavy atom. The Hall–Kier alpha value is -2.56. The van der Waals surface area contributed by atoms with Crippen molar-refractivity contribution < 1.29 is 46.8 Å². The third-order valence-corrected chi connectivity index (χ3v) is 9.90. The van der Waals surface area contributed by atoms with Gasteiger partial charge in [0.15, 0.2) is 23.3 Å². The zero-order valence-electron chi connectivity index (χ0n) is 20.1. The van der Waals surface area contributed by atoms with E-state index in [9.17, 15) is 28.6 Å². The number of allylic oxidation sites excluding steroid dienone is 4. The molecule has 1 heterocycles. The van der Waals surface area contributed by atoms with Gasteiger partial charge in [-0.25, -0.2) is 22.4 Å². The number of aliphatic carboxylic acids is 1. The van der Waals surface area contributed by atoms with Gasteiger partial charge in [-0.15, -0.1) is 0 Å². The average molecular weight is 522 g/mol. The Morgan fingerprint density at radius 2 is 1.89 bits per heavy atom. The molecule has 37 heavy (non-hydrogen) atoms. The number of aliphatic hydroxyl groups excluding tert-OH is 1. The summed E-state index contributed by atoms with van der Waals surface area (Å²) in [6, 6.07) is 2.73. The second-order valence-corrected chi connectivity index (χ2v) is 11.4. The molecular weight excluding hydrogens is 496 g/mol. The van der Waals surface area contributed by atoms with Crippen LogP contribution in [0.1, 0.15) is 45.0 Å². The normalized spacial score (nSPS) is 48.1. The number of hydrogen-bond donors (Lipinski definition) is 2. The van der Waals surface area contributed by atoms with Crippen LogP contribution in [0.25, 0.3) is 0 Å². The highest BCUT2D eigenvalue weighted by molar-refractivity contribution is 6.01. The molecule has 1 aromatic carbocycles. The van der Waals surface area contributed by atoms with E-state index in [4.69, 9.17) is 9.47 Å². The maximum absolute atomic E-state index is 17.2. The SMILES string of the molecule is C[C@]12C=CC(=O)C=C1[C@@H](F)C[C@H]1C3C[C@H]4OC(c5ccc(F)cc5F)O[C@@]4(C(=O)O)[C@@]3(C)C[C@H](O)[C@@]12F. The van der Waals surface area contributed by atoms with Gasteiger partial charge in [0.2, 0.25) is 0 Å². The van der Waals surface area contributed by atoms with Crippen molar-refractivity contribution in [1.82, 2.24) is 0 Å². The Bertz CT molecular complexity index is 1280. The number of ketones is 1. The van der Waals surface area contributed by atoms with Gasteiger partial charge in [0.05, 0.1) is 6.10 Å². The van der Waals surface area contributed by atoms with Gasteiger partial charge in [0.25, 0.3) is 0 Å². The topological polar surface area (TPSA) is 93.1 Å². The Morgan fingerprint density at radius 3 is 2.57 bits per heavy atom. The summed E-state index contributed by atoms with van der Waals surface area (Å²) in [5.74, 6) is -5.58. The molecule has 10 heteroatoms. The van der Waals surface area contributed by atoms with Crippen LogP contribution in [-0.4, -0.2) is 51.6 Å². The molecule has 1 saturated heterocycles. The lowest BCUT2D eigenvalue weighted by Crippen LogP contribution is -2.70. The van der Waals surface area contributed by atoms with E-state index in [1.165, 1.54) is 13.0 Å². The number of fused-ring (bicyclic) bond motifs is 7. The van der Waals surface area contributed by atoms with Crippen LogP contribution in [0.15, 0.2) is 42.0 Å². The second kappa shape index (κ2) is 7.51. The monoisotopic (exact) mass is 522 g/mol. The lowest BCUT2D eigenvalue weighted by molar-refractivity contribution is -0.240. The molecule has 4 aliphatic carbocycles. The molecule has 0 amide bonds. The molecule has 0 bridgehead atoms. The predicted molar refractivity (Wildman–Crippen MR) is 119 cm³/mol. The van der Waals surface area contributed by atoms with E-state index in [-0.39, 0.29) is 30.4 Å². The van der Waals surface area contributed by atoms with Crippen LogP contribution in [0.2, 0.25) is 0 Å². The van der Waals surface area contributed by atoms with Crippen LogP contribution >= 0.6 is 0 Å². The number of carboxylic acids is 1. The second-order valence-electron chi connectivity index (χ2n) is 11.4. The lowest BCUT2D eigenvalue weighted by Gasteiger charge is -2.62. The van der Waals surface area contributed by atoms with Crippen LogP contribution in [0.3, 0.4) is 0 Å². The first-order valence-electron chi connectivity index (χ1n) is 12.3. The predicted octanol–water partition coefficient (Wildman–Crippen LogP) is 4.13. The van der Waals surface area contributed by atoms with Crippen molar-refractivity contribution in [2.24, 2.45) is 22.7 Å². The number of ether oxygens (including phenoxy) is 2. The number of benzene rings is 1. The van der Waals surface area contributed by atoms with Crippen molar-refractivity contribution >= 4 is 11.8 Å². The number of rotatable bonds is 2. The van der Waals surface area contributed by atoms with Crippen LogP contribution in [-0.2, 0) is 19.1 Å². The maximum Gasteiger partial charge on any atom is 0.339 e. The smallest absolute Gasteiger partial charge is 0.339 e. The van der Waals surface area contributed by atoms with Crippen molar-refractivity contribution in [3.63, 3.8) is 0 Å². The number of carboxylic acid groups (broad SMARTS) is 1. The summed E-state index contributed by atoms with van der Waals surface area (Å²) in [5, 5.41) is 21.8. The molecule has 1 aromatic rings. The van der Waals surface area contributed by atoms with Crippen LogP contribution in [0, 0.1) is 34.3 Å². The molecule has 6 rings (SSSR count). The number of alkyl halides is 2. The molecule has 0 radical (unpaired) electrons. The van der Waals surface area contributed by atoms with Crippen LogP contribution in [0.5, 0.6) is 0 Å². The van der Waals surface area contributed by atoms with E-state index >= 15 is 8.78 Å². The van der Waals surface area contributed by atoms with Gasteiger partial charge in [0.1, 0.15) is 23.9 Å². The molecule has 0 spiro atoms. The van der Waals surface area contributed by atoms with Crippen molar-refractivity contribution in [1.29, 1.82) is 0 Å². The standard InChI is InChI=1S/C27H26F4O6/c1-24-6-5-13(32)8-17(24)19(30)9-16-15-10-21-27(23(34)35,25(15,2)11-20(33)26(16,24)31)37-22(36-21)14-4-3-12(28)7-18(14)29/h3-8,15-16,19-22,33H,9-11H2,1-2H3,(H,34,35)/t15?,16-,19-,20-,21+,22?,24-,25-,26-,27-/m0/s1. The fourth-order valence-electron chi connectivity index (χ4n) is 8.15. The first-order valence-corrected chi connectivity index (χ1v) is 12.3. The van der Waals surface area contributed by atoms with Crippen molar-refractivity contribution in [3.05, 3.63) is 59.2 Å². The molecule has 2 N–H and O–H groups in total. The van der Waals surface area contributed by atoms with Gasteiger partial charge in [0, 0.05) is 28.4 Å². The lowest BCUT2D eigenvalue weighted by atomic mass is 9.44. The molecular formula is C27H26F4O6. The Kier molecular flexibility index (Phi) is 5.03. The summed E-state index contributed by atoms with van der Waals surface area (Å²) < 4.78 is 72.6. The van der Waals surface area contributed by atoms with Gasteiger partial charge < -0.3 is 19.7 Å². The van der Waals surface area contributed by atoms with E-state index in [0.717, 1.165) is 24.3 Å². The minimum absolute atomic E-state index is 0.0321. The van der Waals surface area contributed by atoms with Gasteiger partial charge in [-0.3, -0.25) is 4.79 Å². The summed E-state index contributed by atoms with van der Waals surface area (Å²) in [6.45, 7) is 3.01.